The van der Waals surface area contributed by atoms with Gasteiger partial charge in [0.1, 0.15) is 12.2 Å². The molecule has 8 rings (SSSR count). The Morgan fingerprint density at radius 3 is 2.17 bits per heavy atom. The number of β-amino-alcohol motifs (C(OH)–C–C–N with tert-alkyl or cyclic N) is 1. The van der Waals surface area contributed by atoms with Crippen LogP contribution in [-0.4, -0.2) is 164 Å². The van der Waals surface area contributed by atoms with Crippen LogP contribution < -0.4 is 10.6 Å². The standard InChI is InChI=1S/C61H84N6O9S/c1-41-34-42(2)53(43(3)35-41)54-57(75-39-46-12-10-9-11-13-46)61(76-59(54)71)20-18-50(19-21-61)74-31-28-66-25-23-65(24-26-66)27-30-73-33-32-72-29-22-62-56(60(6,7)8)52(69)38-67-37-49(68)36-51(67)58(70)64-44(4)47-14-16-48(17-15-47)55-45(5)63-40-77-55/h9-17,34-35,40,44,49-51,56,62,68H,18-33,36-39H2,1-8H3,(H,64,70)/t44-,49+,50?,51-,56+,61?/m0/s1. The van der Waals surface area contributed by atoms with Crippen molar-refractivity contribution in [2.75, 3.05) is 91.9 Å². The molecule has 4 aromatic rings. The molecule has 0 radical (unpaired) electrons. The van der Waals surface area contributed by atoms with Gasteiger partial charge in [-0.15, -0.1) is 11.3 Å². The number of amides is 1. The van der Waals surface area contributed by atoms with Crippen molar-refractivity contribution >= 4 is 34.6 Å². The van der Waals surface area contributed by atoms with Crippen molar-refractivity contribution in [1.82, 2.24) is 30.3 Å². The van der Waals surface area contributed by atoms with Crippen LogP contribution in [-0.2, 0) is 44.7 Å². The highest BCUT2D eigenvalue weighted by molar-refractivity contribution is 7.13. The summed E-state index contributed by atoms with van der Waals surface area (Å²) in [6.07, 6.45) is 2.61. The molecule has 0 bridgehead atoms. The van der Waals surface area contributed by atoms with Crippen molar-refractivity contribution < 1.29 is 43.2 Å². The minimum atomic E-state index is -0.789. The molecular weight excluding hydrogens is 993 g/mol. The van der Waals surface area contributed by atoms with Crippen molar-refractivity contribution in [3.05, 3.63) is 117 Å². The van der Waals surface area contributed by atoms with Crippen LogP contribution in [0.1, 0.15) is 105 Å². The third kappa shape index (κ3) is 15.3. The summed E-state index contributed by atoms with van der Waals surface area (Å²) in [5, 5.41) is 17.2. The van der Waals surface area contributed by atoms with E-state index in [0.29, 0.717) is 70.4 Å². The molecule has 3 fully saturated rings. The quantitative estimate of drug-likeness (QED) is 0.0436. The number of nitrogens with zero attached hydrogens (tertiary/aromatic N) is 4. The third-order valence-corrected chi connectivity index (χ3v) is 16.8. The number of piperazine rings is 1. The Morgan fingerprint density at radius 2 is 1.53 bits per heavy atom. The Balaban J connectivity index is 0.684. The van der Waals surface area contributed by atoms with Crippen LogP contribution in [0.25, 0.3) is 16.0 Å². The number of ketones is 1. The van der Waals surface area contributed by atoms with Gasteiger partial charge in [-0.25, -0.2) is 9.78 Å². The second-order valence-corrected chi connectivity index (χ2v) is 23.6. The van der Waals surface area contributed by atoms with E-state index < -0.39 is 23.8 Å². The van der Waals surface area contributed by atoms with E-state index in [1.165, 1.54) is 0 Å². The van der Waals surface area contributed by atoms with E-state index in [-0.39, 0.29) is 54.7 Å². The van der Waals surface area contributed by atoms with Crippen LogP contribution in [0.2, 0.25) is 0 Å². The molecule has 15 nitrogen and oxygen atoms in total. The van der Waals surface area contributed by atoms with Gasteiger partial charge in [0.05, 0.1) is 86.0 Å². The van der Waals surface area contributed by atoms with Crippen molar-refractivity contribution in [3.63, 3.8) is 0 Å². The lowest BCUT2D eigenvalue weighted by molar-refractivity contribution is -0.153. The minimum Gasteiger partial charge on any atom is -0.488 e. The van der Waals surface area contributed by atoms with Gasteiger partial charge in [-0.3, -0.25) is 24.3 Å². The molecule has 4 aliphatic rings. The van der Waals surface area contributed by atoms with Gasteiger partial charge < -0.3 is 39.4 Å². The maximum atomic E-state index is 13.9. The van der Waals surface area contributed by atoms with E-state index in [4.69, 9.17) is 23.7 Å². The molecule has 1 saturated carbocycles. The molecule has 3 aromatic carbocycles. The smallest absolute Gasteiger partial charge is 0.343 e. The molecule has 1 aromatic heterocycles. The lowest BCUT2D eigenvalue weighted by atomic mass is 9.80. The molecule has 16 heteroatoms. The van der Waals surface area contributed by atoms with Crippen LogP contribution in [0, 0.1) is 33.1 Å². The monoisotopic (exact) mass is 1080 g/mol. The summed E-state index contributed by atoms with van der Waals surface area (Å²) >= 11 is 1.61. The predicted octanol–water partition coefficient (Wildman–Crippen LogP) is 7.76. The Morgan fingerprint density at radius 1 is 0.883 bits per heavy atom. The molecule has 77 heavy (non-hydrogen) atoms. The minimum absolute atomic E-state index is 0.0203. The Kier molecular flexibility index (Phi) is 20.3. The summed E-state index contributed by atoms with van der Waals surface area (Å²) in [4.78, 5) is 53.5. The number of aliphatic hydroxyl groups excluding tert-OH is 1. The average molecular weight is 1080 g/mol. The molecule has 1 amide bonds. The molecule has 0 unspecified atom stereocenters. The van der Waals surface area contributed by atoms with Crippen LogP contribution in [0.3, 0.4) is 0 Å². The fraction of sp³-hybridized carbons (Fsp3) is 0.574. The van der Waals surface area contributed by atoms with Gasteiger partial charge in [-0.1, -0.05) is 93.1 Å². The molecule has 1 aliphatic carbocycles. The van der Waals surface area contributed by atoms with E-state index in [0.717, 1.165) is 102 Å². The Labute approximate surface area is 461 Å². The van der Waals surface area contributed by atoms with Gasteiger partial charge in [0.15, 0.2) is 17.1 Å². The number of likely N-dealkylation sites (tertiary alicyclic amines) is 1. The number of aliphatic hydroxyl groups is 1. The van der Waals surface area contributed by atoms with Gasteiger partial charge in [-0.2, -0.15) is 0 Å². The van der Waals surface area contributed by atoms with Crippen LogP contribution in [0.4, 0.5) is 0 Å². The molecule has 2 saturated heterocycles. The molecule has 4 heterocycles. The molecule has 1 spiro atoms. The number of aromatic nitrogens is 1. The Hall–Kier alpha value is -4.88. The zero-order valence-corrected chi connectivity index (χ0v) is 47.7. The van der Waals surface area contributed by atoms with Crippen LogP contribution in [0.15, 0.2) is 78.0 Å². The SMILES string of the molecule is Cc1cc(C)c(C2=C(OCc3ccccc3)C3(CCC(OCCN4CCN(CCOCCOCCN[C@H](C(=O)CN5C[C@H](O)C[C@H]5C(=O)N[C@@H](C)c5ccc(-c6scnc6C)cc5)C(C)(C)C)CC4)CC3)OC2=O)c(C)c1. The summed E-state index contributed by atoms with van der Waals surface area (Å²) in [5.41, 5.74) is 9.54. The van der Waals surface area contributed by atoms with E-state index >= 15 is 0 Å². The van der Waals surface area contributed by atoms with Crippen LogP contribution >= 0.6 is 11.3 Å². The molecule has 3 aliphatic heterocycles. The van der Waals surface area contributed by atoms with E-state index in [2.05, 4.69) is 70.5 Å². The van der Waals surface area contributed by atoms with Gasteiger partial charge in [-0.05, 0) is 106 Å². The maximum absolute atomic E-state index is 13.9. The van der Waals surface area contributed by atoms with Crippen molar-refractivity contribution in [2.45, 2.75) is 130 Å². The fourth-order valence-corrected chi connectivity index (χ4v) is 12.5. The van der Waals surface area contributed by atoms with Crippen LogP contribution in [0.5, 0.6) is 0 Å². The number of carbonyl (C=O) groups is 3. The summed E-state index contributed by atoms with van der Waals surface area (Å²) in [7, 11) is 0. The summed E-state index contributed by atoms with van der Waals surface area (Å²) in [6, 6.07) is 21.2. The fourth-order valence-electron chi connectivity index (χ4n) is 11.7. The number of ether oxygens (including phenoxy) is 5. The first-order valence-electron chi connectivity index (χ1n) is 27.9. The highest BCUT2D eigenvalue weighted by Gasteiger charge is 2.52. The zero-order valence-electron chi connectivity index (χ0n) is 46.9. The second kappa shape index (κ2) is 26.9. The van der Waals surface area contributed by atoms with Gasteiger partial charge in [0.2, 0.25) is 5.91 Å². The van der Waals surface area contributed by atoms with E-state index in [1.807, 2.05) is 87.5 Å². The number of Topliss-reactive ketones (excluding diaryl/α,β-unsaturated/α-hetero) is 1. The second-order valence-electron chi connectivity index (χ2n) is 22.8. The first-order chi connectivity index (χ1) is 37.0. The first kappa shape index (κ1) is 58.3. The topological polar surface area (TPSA) is 164 Å². The summed E-state index contributed by atoms with van der Waals surface area (Å²) in [6.45, 7) is 25.8. The number of esters is 1. The number of nitrogens with one attached hydrogen (secondary N) is 2. The van der Waals surface area contributed by atoms with E-state index in [1.54, 1.807) is 11.3 Å². The molecule has 3 N–H and O–H groups in total. The zero-order chi connectivity index (χ0) is 54.7. The highest BCUT2D eigenvalue weighted by Crippen LogP contribution is 2.49. The van der Waals surface area contributed by atoms with Gasteiger partial charge >= 0.3 is 5.97 Å². The predicted molar refractivity (Wildman–Crippen MR) is 301 cm³/mol. The maximum Gasteiger partial charge on any atom is 0.343 e. The average Bonchev–Trinajstić information content (AvgIpc) is 4.14. The van der Waals surface area contributed by atoms with Gasteiger partial charge in [0, 0.05) is 52.4 Å². The number of rotatable bonds is 25. The van der Waals surface area contributed by atoms with E-state index in [9.17, 15) is 19.5 Å². The first-order valence-corrected chi connectivity index (χ1v) is 28.8. The lowest BCUT2D eigenvalue weighted by Gasteiger charge is -2.38. The van der Waals surface area contributed by atoms with Crippen molar-refractivity contribution in [2.24, 2.45) is 5.41 Å². The molecular formula is C61H84N6O9S. The summed E-state index contributed by atoms with van der Waals surface area (Å²) < 4.78 is 31.3. The van der Waals surface area contributed by atoms with Crippen molar-refractivity contribution in [1.29, 1.82) is 0 Å². The molecule has 418 valence electrons. The molecule has 4 atom stereocenters. The number of thiazole rings is 1. The third-order valence-electron chi connectivity index (χ3n) is 15.8. The number of benzene rings is 3. The summed E-state index contributed by atoms with van der Waals surface area (Å²) in [5.74, 6) is 0.162. The largest absolute Gasteiger partial charge is 0.488 e. The van der Waals surface area contributed by atoms with Crippen molar-refractivity contribution in [3.8, 4) is 10.4 Å². The number of hydrogen-bond acceptors (Lipinski definition) is 15. The highest BCUT2D eigenvalue weighted by atomic mass is 32.1. The normalized spacial score (nSPS) is 22.4. The van der Waals surface area contributed by atoms with Gasteiger partial charge in [0.25, 0.3) is 0 Å². The number of carbonyl (C=O) groups excluding carboxylic acids is 3. The number of aryl methyl sites for hydroxylation is 4. The Bertz CT molecular complexity index is 2600. The lowest BCUT2D eigenvalue weighted by Crippen LogP contribution is -2.53. The number of hydrogen-bond donors (Lipinski definition) is 3.